The fourth-order valence-electron chi connectivity index (χ4n) is 2.37. The first-order chi connectivity index (χ1) is 14.4. The third-order valence-corrected chi connectivity index (χ3v) is 4.07. The molecule has 0 atom stereocenters. The number of aliphatic hydroxyl groups excluding tert-OH is 1. The Morgan fingerprint density at radius 1 is 1.40 bits per heavy atom. The average Bonchev–Trinajstić information content (AvgIpc) is 2.73. The zero-order chi connectivity index (χ0) is 22.1. The first-order valence-electron chi connectivity index (χ1n) is 8.68. The van der Waals surface area contributed by atoms with Gasteiger partial charge in [-0.15, -0.1) is 0 Å². The van der Waals surface area contributed by atoms with Gasteiger partial charge in [-0.3, -0.25) is 5.41 Å². The van der Waals surface area contributed by atoms with Crippen LogP contribution in [-0.2, 0) is 0 Å². The standard InChI is InChI=1S/C19H20ClFN8O/c1-25-17(26-2-3-30)7-16(24)29-18-6-15(12(9-23)10-27-18)28-19-13(20)4-11(8-22)5-14(19)21/h4-7,9-10,23,25-26,30H,2-3H2,1H3,(H3,24,27,28,29)/b17-7+,23-9?. The third-order valence-electron chi connectivity index (χ3n) is 3.77. The van der Waals surface area contributed by atoms with E-state index in [9.17, 15) is 4.39 Å². The minimum absolute atomic E-state index is 0.00608. The van der Waals surface area contributed by atoms with Gasteiger partial charge in [-0.25, -0.2) is 9.37 Å². The summed E-state index contributed by atoms with van der Waals surface area (Å²) < 4.78 is 14.4. The number of halogens is 2. The van der Waals surface area contributed by atoms with E-state index in [0.717, 1.165) is 12.3 Å². The molecule has 2 aromatic rings. The number of nitriles is 1. The van der Waals surface area contributed by atoms with Gasteiger partial charge in [0.25, 0.3) is 0 Å². The summed E-state index contributed by atoms with van der Waals surface area (Å²) in [5.74, 6) is 0.0635. The Labute approximate surface area is 177 Å². The van der Waals surface area contributed by atoms with Crippen molar-refractivity contribution in [1.29, 1.82) is 16.1 Å². The van der Waals surface area contributed by atoms with Crippen LogP contribution in [-0.4, -0.2) is 42.3 Å². The van der Waals surface area contributed by atoms with Gasteiger partial charge in [0, 0.05) is 43.7 Å². The number of benzene rings is 1. The van der Waals surface area contributed by atoms with E-state index >= 15 is 0 Å². The van der Waals surface area contributed by atoms with E-state index in [2.05, 4.69) is 26.3 Å². The molecule has 0 bridgehead atoms. The highest BCUT2D eigenvalue weighted by atomic mass is 35.5. The second-order valence-electron chi connectivity index (χ2n) is 5.85. The third kappa shape index (κ3) is 5.91. The van der Waals surface area contributed by atoms with E-state index in [-0.39, 0.29) is 34.5 Å². The smallest absolute Gasteiger partial charge is 0.149 e. The molecule has 1 heterocycles. The van der Waals surface area contributed by atoms with Crippen LogP contribution in [0.1, 0.15) is 11.1 Å². The molecule has 11 heteroatoms. The first-order valence-corrected chi connectivity index (χ1v) is 9.06. The van der Waals surface area contributed by atoms with E-state index in [4.69, 9.17) is 32.8 Å². The van der Waals surface area contributed by atoms with Gasteiger partial charge in [-0.05, 0) is 12.1 Å². The predicted octanol–water partition coefficient (Wildman–Crippen LogP) is 2.52. The van der Waals surface area contributed by atoms with Crippen molar-refractivity contribution >= 4 is 40.8 Å². The lowest BCUT2D eigenvalue weighted by atomic mass is 10.2. The molecule has 7 N–H and O–H groups in total. The Kier molecular flexibility index (Phi) is 8.10. The van der Waals surface area contributed by atoms with E-state index in [1.54, 1.807) is 7.05 Å². The van der Waals surface area contributed by atoms with Crippen LogP contribution in [0.4, 0.5) is 21.6 Å². The van der Waals surface area contributed by atoms with Gasteiger partial charge in [-0.2, -0.15) is 5.26 Å². The molecule has 0 spiro atoms. The van der Waals surface area contributed by atoms with Crippen LogP contribution < -0.4 is 21.3 Å². The largest absolute Gasteiger partial charge is 0.395 e. The fourth-order valence-corrected chi connectivity index (χ4v) is 2.62. The number of aliphatic hydroxyl groups is 1. The molecule has 30 heavy (non-hydrogen) atoms. The highest BCUT2D eigenvalue weighted by Crippen LogP contribution is 2.31. The summed E-state index contributed by atoms with van der Waals surface area (Å²) in [7, 11) is 1.67. The van der Waals surface area contributed by atoms with Gasteiger partial charge in [0.15, 0.2) is 0 Å². The first kappa shape index (κ1) is 22.6. The molecular weight excluding hydrogens is 411 g/mol. The van der Waals surface area contributed by atoms with Crippen LogP contribution >= 0.6 is 11.6 Å². The van der Waals surface area contributed by atoms with Crippen LogP contribution in [0.25, 0.3) is 0 Å². The summed E-state index contributed by atoms with van der Waals surface area (Å²) >= 11 is 6.08. The van der Waals surface area contributed by atoms with E-state index in [1.807, 2.05) is 6.07 Å². The maximum absolute atomic E-state index is 14.4. The Hall–Kier alpha value is -3.68. The van der Waals surface area contributed by atoms with Gasteiger partial charge in [-0.1, -0.05) is 11.6 Å². The number of hydrogen-bond acceptors (Lipinski definition) is 8. The van der Waals surface area contributed by atoms with Crippen molar-refractivity contribution in [3.05, 3.63) is 58.3 Å². The molecule has 0 fully saturated rings. The molecular formula is C19H20ClFN8O. The zero-order valence-electron chi connectivity index (χ0n) is 16.0. The number of anilines is 3. The van der Waals surface area contributed by atoms with Crippen molar-refractivity contribution in [3.8, 4) is 6.07 Å². The molecule has 0 saturated heterocycles. The van der Waals surface area contributed by atoms with E-state index in [1.165, 1.54) is 24.4 Å². The van der Waals surface area contributed by atoms with Crippen molar-refractivity contribution in [2.75, 3.05) is 30.8 Å². The van der Waals surface area contributed by atoms with Crippen molar-refractivity contribution in [3.63, 3.8) is 0 Å². The summed E-state index contributed by atoms with van der Waals surface area (Å²) in [6.07, 6.45) is 3.89. The van der Waals surface area contributed by atoms with Gasteiger partial charge in [0.2, 0.25) is 0 Å². The number of nitrogens with one attached hydrogen (secondary N) is 6. The van der Waals surface area contributed by atoms with Crippen LogP contribution in [0.2, 0.25) is 5.02 Å². The van der Waals surface area contributed by atoms with Crippen molar-refractivity contribution < 1.29 is 9.50 Å². The van der Waals surface area contributed by atoms with Crippen LogP contribution in [0.3, 0.4) is 0 Å². The lowest BCUT2D eigenvalue weighted by Crippen LogP contribution is -2.27. The fraction of sp³-hybridized carbons (Fsp3) is 0.158. The number of pyridine rings is 1. The van der Waals surface area contributed by atoms with Crippen LogP contribution in [0.15, 0.2) is 36.3 Å². The molecule has 0 saturated carbocycles. The number of amidine groups is 1. The monoisotopic (exact) mass is 430 g/mol. The minimum atomic E-state index is -0.717. The van der Waals surface area contributed by atoms with Gasteiger partial charge < -0.3 is 31.8 Å². The summed E-state index contributed by atoms with van der Waals surface area (Å²) in [5.41, 5.74) is 0.736. The Balaban J connectivity index is 2.28. The van der Waals surface area contributed by atoms with Crippen molar-refractivity contribution in [2.24, 2.45) is 0 Å². The lowest BCUT2D eigenvalue weighted by molar-refractivity contribution is 0.296. The summed E-state index contributed by atoms with van der Waals surface area (Å²) in [6, 6.07) is 5.70. The average molecular weight is 431 g/mol. The molecule has 0 aliphatic carbocycles. The molecule has 2 rings (SSSR count). The molecule has 0 radical (unpaired) electrons. The Morgan fingerprint density at radius 3 is 2.77 bits per heavy atom. The van der Waals surface area contributed by atoms with Crippen molar-refractivity contribution in [2.45, 2.75) is 0 Å². The highest BCUT2D eigenvalue weighted by molar-refractivity contribution is 6.33. The topological polar surface area (TPSA) is 153 Å². The Bertz CT molecular complexity index is 995. The molecule has 0 unspecified atom stereocenters. The molecule has 156 valence electrons. The normalized spacial score (nSPS) is 10.7. The summed E-state index contributed by atoms with van der Waals surface area (Å²) in [4.78, 5) is 4.14. The molecule has 1 aromatic carbocycles. The maximum Gasteiger partial charge on any atom is 0.149 e. The summed E-state index contributed by atoms with van der Waals surface area (Å²) in [5, 5.41) is 44.7. The maximum atomic E-state index is 14.4. The predicted molar refractivity (Wildman–Crippen MR) is 115 cm³/mol. The molecule has 9 nitrogen and oxygen atoms in total. The summed E-state index contributed by atoms with van der Waals surface area (Å²) in [6.45, 7) is 0.257. The zero-order valence-corrected chi connectivity index (χ0v) is 16.7. The van der Waals surface area contributed by atoms with Crippen LogP contribution in [0.5, 0.6) is 0 Å². The molecule has 1 aromatic heterocycles. The highest BCUT2D eigenvalue weighted by Gasteiger charge is 2.13. The quantitative estimate of drug-likeness (QED) is 0.238. The van der Waals surface area contributed by atoms with Crippen molar-refractivity contribution in [1.82, 2.24) is 15.6 Å². The van der Waals surface area contributed by atoms with Gasteiger partial charge in [0.1, 0.15) is 23.3 Å². The number of nitrogens with zero attached hydrogens (tertiary/aromatic N) is 2. The van der Waals surface area contributed by atoms with Crippen LogP contribution in [0, 0.1) is 28.0 Å². The SMILES string of the molecule is CN/C(=C\C(=N)Nc1cc(Nc2c(F)cc(C#N)cc2Cl)c(C=N)cn1)NCCO. The number of aromatic nitrogens is 1. The van der Waals surface area contributed by atoms with E-state index in [0.29, 0.717) is 23.6 Å². The van der Waals surface area contributed by atoms with E-state index < -0.39 is 5.82 Å². The minimum Gasteiger partial charge on any atom is -0.395 e. The number of rotatable bonds is 9. The molecule has 0 aliphatic rings. The lowest BCUT2D eigenvalue weighted by Gasteiger charge is -2.14. The van der Waals surface area contributed by atoms with Gasteiger partial charge in [0.05, 0.1) is 34.6 Å². The second kappa shape index (κ2) is 10.8. The molecule has 0 aliphatic heterocycles. The van der Waals surface area contributed by atoms with Gasteiger partial charge >= 0.3 is 0 Å². The second-order valence-corrected chi connectivity index (χ2v) is 6.26. The molecule has 0 amide bonds. The number of hydrogen-bond donors (Lipinski definition) is 7. The Morgan fingerprint density at radius 2 is 2.17 bits per heavy atom.